The third-order valence-corrected chi connectivity index (χ3v) is 4.44. The molecule has 0 amide bonds. The summed E-state index contributed by atoms with van der Waals surface area (Å²) in [5.41, 5.74) is 6.32. The number of allylic oxidation sites excluding steroid dienone is 1. The minimum atomic E-state index is 0.318. The smallest absolute Gasteiger partial charge is 0.141 e. The van der Waals surface area contributed by atoms with Gasteiger partial charge in [0.2, 0.25) is 0 Å². The van der Waals surface area contributed by atoms with Gasteiger partial charge >= 0.3 is 0 Å². The first kappa shape index (κ1) is 17.0. The van der Waals surface area contributed by atoms with Crippen LogP contribution in [0.3, 0.4) is 0 Å². The molecule has 0 radical (unpaired) electrons. The quantitative estimate of drug-likeness (QED) is 0.626. The second kappa shape index (κ2) is 6.93. The summed E-state index contributed by atoms with van der Waals surface area (Å²) < 4.78 is 0. The highest BCUT2D eigenvalue weighted by atomic mass is 16.3. The molecular formula is C21H23N3O. The summed E-state index contributed by atoms with van der Waals surface area (Å²) in [5.74, 6) is 1.11. The number of hydrogen-bond acceptors (Lipinski definition) is 4. The van der Waals surface area contributed by atoms with Crippen molar-refractivity contribution in [1.82, 2.24) is 9.97 Å². The van der Waals surface area contributed by atoms with Crippen LogP contribution in [-0.2, 0) is 6.42 Å². The normalized spacial score (nSPS) is 11.8. The Labute approximate surface area is 148 Å². The van der Waals surface area contributed by atoms with Crippen molar-refractivity contribution in [3.63, 3.8) is 0 Å². The molecule has 0 saturated heterocycles. The maximum absolute atomic E-state index is 9.96. The van der Waals surface area contributed by atoms with Gasteiger partial charge in [0.05, 0.1) is 5.52 Å². The lowest BCUT2D eigenvalue weighted by atomic mass is 10.0. The van der Waals surface area contributed by atoms with Gasteiger partial charge in [-0.25, -0.2) is 9.97 Å². The number of aromatic hydroxyl groups is 1. The molecule has 1 aliphatic carbocycles. The third kappa shape index (κ3) is 3.07. The van der Waals surface area contributed by atoms with E-state index >= 15 is 0 Å². The molecule has 0 aliphatic heterocycles. The van der Waals surface area contributed by atoms with Gasteiger partial charge in [0, 0.05) is 16.6 Å². The zero-order valence-electron chi connectivity index (χ0n) is 15.1. The minimum absolute atomic E-state index is 0.318. The summed E-state index contributed by atoms with van der Waals surface area (Å²) in [6, 6.07) is 7.82. The Morgan fingerprint density at radius 2 is 1.80 bits per heavy atom. The van der Waals surface area contributed by atoms with Gasteiger partial charge in [0.25, 0.3) is 0 Å². The molecule has 0 saturated carbocycles. The van der Waals surface area contributed by atoms with Crippen molar-refractivity contribution in [3.8, 4) is 5.75 Å². The molecule has 25 heavy (non-hydrogen) atoms. The second-order valence-corrected chi connectivity index (χ2v) is 5.93. The predicted molar refractivity (Wildman–Crippen MR) is 104 cm³/mol. The van der Waals surface area contributed by atoms with E-state index in [2.05, 4.69) is 47.3 Å². The van der Waals surface area contributed by atoms with E-state index in [-0.39, 0.29) is 0 Å². The van der Waals surface area contributed by atoms with Crippen LogP contribution < -0.4 is 5.32 Å². The van der Waals surface area contributed by atoms with Gasteiger partial charge in [0.15, 0.2) is 0 Å². The monoisotopic (exact) mass is 333 g/mol. The van der Waals surface area contributed by atoms with E-state index in [4.69, 9.17) is 0 Å². The summed E-state index contributed by atoms with van der Waals surface area (Å²) in [5, 5.41) is 14.4. The Morgan fingerprint density at radius 1 is 1.04 bits per heavy atom. The van der Waals surface area contributed by atoms with E-state index in [0.717, 1.165) is 40.0 Å². The van der Waals surface area contributed by atoms with E-state index < -0.39 is 0 Å². The average molecular weight is 333 g/mol. The first-order chi connectivity index (χ1) is 12.1. The number of fused-ring (bicyclic) bond motifs is 2. The van der Waals surface area contributed by atoms with Gasteiger partial charge in [0.1, 0.15) is 17.9 Å². The Balaban J connectivity index is 0.000000880. The zero-order valence-corrected chi connectivity index (χ0v) is 15.1. The highest BCUT2D eigenvalue weighted by Gasteiger charge is 2.15. The molecule has 0 atom stereocenters. The first-order valence-electron chi connectivity index (χ1n) is 8.64. The zero-order chi connectivity index (χ0) is 18.0. The van der Waals surface area contributed by atoms with Crippen LogP contribution in [0.5, 0.6) is 5.75 Å². The third-order valence-electron chi connectivity index (χ3n) is 4.44. The highest BCUT2D eigenvalue weighted by molar-refractivity contribution is 5.92. The minimum Gasteiger partial charge on any atom is -0.507 e. The van der Waals surface area contributed by atoms with Gasteiger partial charge in [-0.05, 0) is 61.2 Å². The molecule has 2 N–H and O–H groups in total. The number of nitrogens with one attached hydrogen (secondary N) is 1. The molecule has 2 aromatic carbocycles. The Hall–Kier alpha value is -2.88. The Bertz CT molecular complexity index is 961. The lowest BCUT2D eigenvalue weighted by Crippen LogP contribution is -2.00. The number of benzene rings is 2. The summed E-state index contributed by atoms with van der Waals surface area (Å²) in [4.78, 5) is 8.78. The molecule has 0 unspecified atom stereocenters. The van der Waals surface area contributed by atoms with Crippen LogP contribution >= 0.6 is 0 Å². The van der Waals surface area contributed by atoms with Crippen molar-refractivity contribution >= 4 is 28.5 Å². The number of aromatic nitrogens is 2. The number of nitrogens with zero attached hydrogens (tertiary/aromatic N) is 2. The van der Waals surface area contributed by atoms with Crippen LogP contribution in [0.2, 0.25) is 0 Å². The number of rotatable bonds is 2. The van der Waals surface area contributed by atoms with Crippen LogP contribution in [0, 0.1) is 13.8 Å². The summed E-state index contributed by atoms with van der Waals surface area (Å²) in [6.45, 7) is 8.18. The fourth-order valence-electron chi connectivity index (χ4n) is 3.01. The SMILES string of the molecule is CC.Cc1cc2ncnc(Nc3ccc(O)c4c3CC=C4)c2cc1C. The van der Waals surface area contributed by atoms with Crippen molar-refractivity contribution in [2.24, 2.45) is 0 Å². The van der Waals surface area contributed by atoms with E-state index in [1.54, 1.807) is 12.4 Å². The molecule has 0 bridgehead atoms. The maximum Gasteiger partial charge on any atom is 0.141 e. The van der Waals surface area contributed by atoms with Crippen molar-refractivity contribution in [3.05, 3.63) is 58.9 Å². The van der Waals surface area contributed by atoms with E-state index in [9.17, 15) is 5.11 Å². The van der Waals surface area contributed by atoms with E-state index in [1.807, 2.05) is 26.0 Å². The number of hydrogen-bond donors (Lipinski definition) is 2. The van der Waals surface area contributed by atoms with Crippen molar-refractivity contribution in [2.75, 3.05) is 5.32 Å². The van der Waals surface area contributed by atoms with Crippen molar-refractivity contribution in [1.29, 1.82) is 0 Å². The summed E-state index contributed by atoms with van der Waals surface area (Å²) >= 11 is 0. The maximum atomic E-state index is 9.96. The van der Waals surface area contributed by atoms with Crippen LogP contribution in [0.1, 0.15) is 36.1 Å². The van der Waals surface area contributed by atoms with Gasteiger partial charge in [-0.2, -0.15) is 0 Å². The average Bonchev–Trinajstić information content (AvgIpc) is 3.12. The predicted octanol–water partition coefficient (Wildman–Crippen LogP) is 5.29. The lowest BCUT2D eigenvalue weighted by Gasteiger charge is -2.14. The van der Waals surface area contributed by atoms with Gasteiger partial charge < -0.3 is 10.4 Å². The molecule has 4 heteroatoms. The number of phenolic OH excluding ortho intramolecular Hbond substituents is 1. The highest BCUT2D eigenvalue weighted by Crippen LogP contribution is 2.36. The van der Waals surface area contributed by atoms with Gasteiger partial charge in [-0.3, -0.25) is 0 Å². The van der Waals surface area contributed by atoms with Crippen LogP contribution in [0.4, 0.5) is 11.5 Å². The molecule has 4 nitrogen and oxygen atoms in total. The van der Waals surface area contributed by atoms with Crippen LogP contribution in [0.15, 0.2) is 36.7 Å². The molecule has 3 aromatic rings. The largest absolute Gasteiger partial charge is 0.507 e. The second-order valence-electron chi connectivity index (χ2n) is 5.93. The molecule has 1 aromatic heterocycles. The standard InChI is InChI=1S/C19H17N3O.C2H6/c1-11-8-15-17(9-12(11)2)20-10-21-19(15)22-16-6-7-18(23)14-5-3-4-13(14)16;1-2/h3,5-10,23H,4H2,1-2H3,(H,20,21,22);1-2H3. The van der Waals surface area contributed by atoms with E-state index in [1.165, 1.54) is 11.1 Å². The number of phenols is 1. The first-order valence-corrected chi connectivity index (χ1v) is 8.64. The van der Waals surface area contributed by atoms with Crippen LogP contribution in [0.25, 0.3) is 17.0 Å². The molecule has 128 valence electrons. The fraction of sp³-hybridized carbons (Fsp3) is 0.238. The lowest BCUT2D eigenvalue weighted by molar-refractivity contribution is 0.474. The number of anilines is 2. The molecule has 1 aliphatic rings. The summed E-state index contributed by atoms with van der Waals surface area (Å²) in [6.07, 6.45) is 6.41. The number of aryl methyl sites for hydroxylation is 2. The Morgan fingerprint density at radius 3 is 2.60 bits per heavy atom. The molecule has 1 heterocycles. The molecular weight excluding hydrogens is 310 g/mol. The van der Waals surface area contributed by atoms with Gasteiger partial charge in [-0.1, -0.05) is 26.0 Å². The Kier molecular flexibility index (Phi) is 4.70. The molecule has 4 rings (SSSR count). The van der Waals surface area contributed by atoms with Crippen LogP contribution in [-0.4, -0.2) is 15.1 Å². The molecule has 0 fully saturated rings. The molecule has 0 spiro atoms. The van der Waals surface area contributed by atoms with E-state index in [0.29, 0.717) is 5.75 Å². The fourth-order valence-corrected chi connectivity index (χ4v) is 3.01. The topological polar surface area (TPSA) is 58.0 Å². The van der Waals surface area contributed by atoms with Crippen molar-refractivity contribution < 1.29 is 5.11 Å². The van der Waals surface area contributed by atoms with Crippen molar-refractivity contribution in [2.45, 2.75) is 34.1 Å². The summed E-state index contributed by atoms with van der Waals surface area (Å²) in [7, 11) is 0. The van der Waals surface area contributed by atoms with Gasteiger partial charge in [-0.15, -0.1) is 0 Å².